The maximum absolute atomic E-state index is 13.2. The molecule has 3 atom stereocenters. The fraction of sp³-hybridized carbons (Fsp3) is 0.462. The molecule has 3 unspecified atom stereocenters. The number of para-hydroxylation sites is 1. The van der Waals surface area contributed by atoms with Gasteiger partial charge in [-0.25, -0.2) is 0 Å². The summed E-state index contributed by atoms with van der Waals surface area (Å²) < 4.78 is 0. The van der Waals surface area contributed by atoms with Crippen molar-refractivity contribution in [3.8, 4) is 0 Å². The van der Waals surface area contributed by atoms with Crippen molar-refractivity contribution in [1.29, 1.82) is 0 Å². The van der Waals surface area contributed by atoms with E-state index in [1.165, 1.54) is 11.3 Å². The van der Waals surface area contributed by atoms with E-state index in [1.807, 2.05) is 26.0 Å². The number of fused-ring (bicyclic) bond motifs is 2. The van der Waals surface area contributed by atoms with Gasteiger partial charge in [-0.3, -0.25) is 9.59 Å². The van der Waals surface area contributed by atoms with Crippen LogP contribution in [0.3, 0.4) is 0 Å². The topological polar surface area (TPSA) is 52.7 Å². The van der Waals surface area contributed by atoms with Crippen molar-refractivity contribution in [2.45, 2.75) is 58.7 Å². The molecule has 2 heterocycles. The summed E-state index contributed by atoms with van der Waals surface area (Å²) in [7, 11) is 0. The van der Waals surface area contributed by atoms with Gasteiger partial charge in [0.25, 0.3) is 0 Å². The summed E-state index contributed by atoms with van der Waals surface area (Å²) in [5, 5.41) is 3.13. The van der Waals surface area contributed by atoms with Crippen molar-refractivity contribution in [1.82, 2.24) is 10.2 Å². The van der Waals surface area contributed by atoms with Crippen LogP contribution >= 0.6 is 0 Å². The Morgan fingerprint density at radius 2 is 1.71 bits per heavy atom. The minimum Gasteiger partial charge on any atom is -0.367 e. The lowest BCUT2D eigenvalue weighted by Crippen LogP contribution is -2.54. The zero-order valence-corrected chi connectivity index (χ0v) is 18.8. The van der Waals surface area contributed by atoms with E-state index in [2.05, 4.69) is 53.5 Å². The summed E-state index contributed by atoms with van der Waals surface area (Å²) in [6, 6.07) is 16.6. The highest BCUT2D eigenvalue weighted by Gasteiger charge is 2.36. The van der Waals surface area contributed by atoms with Gasteiger partial charge >= 0.3 is 0 Å². The van der Waals surface area contributed by atoms with Crippen LogP contribution < -0.4 is 10.2 Å². The van der Waals surface area contributed by atoms with Crippen molar-refractivity contribution < 1.29 is 9.59 Å². The predicted molar refractivity (Wildman–Crippen MR) is 124 cm³/mol. The Morgan fingerprint density at radius 1 is 1.03 bits per heavy atom. The fourth-order valence-electron chi connectivity index (χ4n) is 4.83. The van der Waals surface area contributed by atoms with Gasteiger partial charge in [0, 0.05) is 43.7 Å². The number of rotatable bonds is 6. The van der Waals surface area contributed by atoms with Gasteiger partial charge in [-0.1, -0.05) is 56.3 Å². The molecule has 4 rings (SSSR count). The number of benzene rings is 2. The van der Waals surface area contributed by atoms with Crippen molar-refractivity contribution in [3.05, 3.63) is 65.2 Å². The largest absolute Gasteiger partial charge is 0.367 e. The van der Waals surface area contributed by atoms with Crippen molar-refractivity contribution in [2.24, 2.45) is 5.92 Å². The molecular formula is C26H33N3O2. The average molecular weight is 420 g/mol. The molecule has 1 N–H and O–H groups in total. The molecule has 0 bridgehead atoms. The molecule has 5 heteroatoms. The number of hydrogen-bond donors (Lipinski definition) is 1. The second-order valence-electron chi connectivity index (χ2n) is 8.93. The first-order valence-corrected chi connectivity index (χ1v) is 11.5. The molecule has 164 valence electrons. The van der Waals surface area contributed by atoms with Crippen LogP contribution in [-0.4, -0.2) is 41.9 Å². The van der Waals surface area contributed by atoms with Crippen LogP contribution in [0.15, 0.2) is 48.5 Å². The molecule has 2 aromatic rings. The molecule has 31 heavy (non-hydrogen) atoms. The zero-order chi connectivity index (χ0) is 22.0. The van der Waals surface area contributed by atoms with Gasteiger partial charge < -0.3 is 15.1 Å². The number of hydrogen-bond acceptors (Lipinski definition) is 3. The molecule has 0 fully saturated rings. The molecule has 2 aromatic carbocycles. The van der Waals surface area contributed by atoms with Crippen LogP contribution in [0.5, 0.6) is 0 Å². The third kappa shape index (κ3) is 4.32. The first kappa shape index (κ1) is 21.4. The second kappa shape index (κ2) is 9.13. The molecule has 0 saturated carbocycles. The summed E-state index contributed by atoms with van der Waals surface area (Å²) in [6.07, 6.45) is 2.39. The molecule has 2 amide bonds. The highest BCUT2D eigenvalue weighted by atomic mass is 16.2. The van der Waals surface area contributed by atoms with E-state index in [0.717, 1.165) is 30.5 Å². The van der Waals surface area contributed by atoms with E-state index < -0.39 is 6.04 Å². The Labute approximate surface area is 185 Å². The van der Waals surface area contributed by atoms with E-state index >= 15 is 0 Å². The van der Waals surface area contributed by atoms with Crippen LogP contribution in [0.1, 0.15) is 43.9 Å². The standard InChI is InChI=1S/C26H33N3O2/c1-4-18(2)26(31)29-17-22-11-6-5-9-20(22)16-24(29)25(30)27-13-14-28-19(3)15-21-10-7-8-12-23(21)28/h5-12,18-19,24H,4,13-17H2,1-3H3,(H,27,30). The lowest BCUT2D eigenvalue weighted by atomic mass is 9.92. The summed E-state index contributed by atoms with van der Waals surface area (Å²) in [5.74, 6) is -0.0620. The van der Waals surface area contributed by atoms with Gasteiger partial charge in [-0.2, -0.15) is 0 Å². The monoisotopic (exact) mass is 419 g/mol. The fourth-order valence-corrected chi connectivity index (χ4v) is 4.83. The Bertz CT molecular complexity index is 957. The molecule has 2 aliphatic rings. The molecule has 0 aromatic heterocycles. The number of anilines is 1. The first-order valence-electron chi connectivity index (χ1n) is 11.5. The Hall–Kier alpha value is -2.82. The Morgan fingerprint density at radius 3 is 2.45 bits per heavy atom. The highest BCUT2D eigenvalue weighted by Crippen LogP contribution is 2.31. The lowest BCUT2D eigenvalue weighted by Gasteiger charge is -2.37. The first-order chi connectivity index (χ1) is 15.0. The summed E-state index contributed by atoms with van der Waals surface area (Å²) in [5.41, 5.74) is 4.95. The molecule has 5 nitrogen and oxygen atoms in total. The van der Waals surface area contributed by atoms with Crippen molar-refractivity contribution in [2.75, 3.05) is 18.0 Å². The summed E-state index contributed by atoms with van der Waals surface area (Å²) in [6.45, 7) is 8.04. The zero-order valence-electron chi connectivity index (χ0n) is 18.8. The minimum atomic E-state index is -0.445. The Kier molecular flexibility index (Phi) is 6.30. The normalized spacial score (nSPS) is 20.7. The van der Waals surface area contributed by atoms with Gasteiger partial charge in [-0.15, -0.1) is 0 Å². The molecular weight excluding hydrogens is 386 g/mol. The van der Waals surface area contributed by atoms with Crippen molar-refractivity contribution >= 4 is 17.5 Å². The maximum Gasteiger partial charge on any atom is 0.243 e. The van der Waals surface area contributed by atoms with Gasteiger partial charge in [-0.05, 0) is 42.5 Å². The van der Waals surface area contributed by atoms with E-state index in [0.29, 0.717) is 25.6 Å². The molecule has 0 radical (unpaired) electrons. The van der Waals surface area contributed by atoms with Gasteiger partial charge in [0.15, 0.2) is 0 Å². The Balaban J connectivity index is 1.44. The van der Waals surface area contributed by atoms with E-state index in [1.54, 1.807) is 4.90 Å². The number of amides is 2. The number of nitrogens with one attached hydrogen (secondary N) is 1. The summed E-state index contributed by atoms with van der Waals surface area (Å²) in [4.78, 5) is 30.4. The quantitative estimate of drug-likeness (QED) is 0.779. The highest BCUT2D eigenvalue weighted by molar-refractivity contribution is 5.89. The predicted octanol–water partition coefficient (Wildman–Crippen LogP) is 3.55. The average Bonchev–Trinajstić information content (AvgIpc) is 3.12. The van der Waals surface area contributed by atoms with Crippen LogP contribution in [0.25, 0.3) is 0 Å². The number of carbonyl (C=O) groups excluding carboxylic acids is 2. The van der Waals surface area contributed by atoms with E-state index in [-0.39, 0.29) is 17.7 Å². The van der Waals surface area contributed by atoms with Crippen LogP contribution in [-0.2, 0) is 29.0 Å². The van der Waals surface area contributed by atoms with E-state index in [4.69, 9.17) is 0 Å². The summed E-state index contributed by atoms with van der Waals surface area (Å²) >= 11 is 0. The number of carbonyl (C=O) groups is 2. The SMILES string of the molecule is CCC(C)C(=O)N1Cc2ccccc2CC1C(=O)NCCN1c2ccccc2CC1C. The third-order valence-electron chi connectivity index (χ3n) is 6.87. The van der Waals surface area contributed by atoms with Crippen LogP contribution in [0.2, 0.25) is 0 Å². The van der Waals surface area contributed by atoms with Gasteiger partial charge in [0.1, 0.15) is 6.04 Å². The van der Waals surface area contributed by atoms with Gasteiger partial charge in [0.05, 0.1) is 0 Å². The second-order valence-corrected chi connectivity index (χ2v) is 8.93. The van der Waals surface area contributed by atoms with Gasteiger partial charge in [0.2, 0.25) is 11.8 Å². The van der Waals surface area contributed by atoms with Crippen molar-refractivity contribution in [3.63, 3.8) is 0 Å². The lowest BCUT2D eigenvalue weighted by molar-refractivity contribution is -0.144. The minimum absolute atomic E-state index is 0.0497. The molecule has 0 spiro atoms. The molecule has 2 aliphatic heterocycles. The van der Waals surface area contributed by atoms with Crippen LogP contribution in [0, 0.1) is 5.92 Å². The number of nitrogens with zero attached hydrogens (tertiary/aromatic N) is 2. The molecule has 0 saturated heterocycles. The van der Waals surface area contributed by atoms with Crippen LogP contribution in [0.4, 0.5) is 5.69 Å². The third-order valence-corrected chi connectivity index (χ3v) is 6.87. The maximum atomic E-state index is 13.2. The molecule has 0 aliphatic carbocycles. The van der Waals surface area contributed by atoms with E-state index in [9.17, 15) is 9.59 Å². The smallest absolute Gasteiger partial charge is 0.243 e.